The van der Waals surface area contributed by atoms with E-state index in [4.69, 9.17) is 4.74 Å². The third-order valence-electron chi connectivity index (χ3n) is 3.99. The molecule has 1 N–H and O–H groups in total. The molecule has 0 saturated carbocycles. The highest BCUT2D eigenvalue weighted by Gasteiger charge is 2.14. The van der Waals surface area contributed by atoms with E-state index in [2.05, 4.69) is 20.3 Å². The lowest BCUT2D eigenvalue weighted by Crippen LogP contribution is -2.14. The van der Waals surface area contributed by atoms with Gasteiger partial charge < -0.3 is 10.1 Å². The fraction of sp³-hybridized carbons (Fsp3) is 0.143. The Hall–Kier alpha value is -3.10. The highest BCUT2D eigenvalue weighted by molar-refractivity contribution is 7.14. The average Bonchev–Trinajstić information content (AvgIpc) is 3.39. The molecular formula is C21H18N4O2S2. The molecule has 1 amide bonds. The zero-order valence-corrected chi connectivity index (χ0v) is 17.3. The number of pyridine rings is 1. The van der Waals surface area contributed by atoms with E-state index in [0.29, 0.717) is 11.7 Å². The number of nitrogens with zero attached hydrogens (tertiary/aromatic N) is 3. The number of thiazole rings is 2. The Morgan fingerprint density at radius 2 is 1.90 bits per heavy atom. The minimum Gasteiger partial charge on any atom is -0.493 e. The molecular weight excluding hydrogens is 404 g/mol. The summed E-state index contributed by atoms with van der Waals surface area (Å²) >= 11 is 2.88. The van der Waals surface area contributed by atoms with Gasteiger partial charge in [-0.2, -0.15) is 0 Å². The summed E-state index contributed by atoms with van der Waals surface area (Å²) < 4.78 is 5.67. The van der Waals surface area contributed by atoms with Crippen molar-refractivity contribution in [3.8, 4) is 27.7 Å². The molecule has 6 nitrogen and oxygen atoms in total. The van der Waals surface area contributed by atoms with E-state index in [-0.39, 0.29) is 12.3 Å². The first-order valence-electron chi connectivity index (χ1n) is 9.06. The van der Waals surface area contributed by atoms with Crippen LogP contribution in [0.4, 0.5) is 5.13 Å². The van der Waals surface area contributed by atoms with Crippen LogP contribution < -0.4 is 10.1 Å². The molecule has 8 heteroatoms. The summed E-state index contributed by atoms with van der Waals surface area (Å²) in [4.78, 5) is 25.7. The molecule has 4 rings (SSSR count). The molecule has 0 spiro atoms. The second-order valence-corrected chi connectivity index (χ2v) is 7.77. The van der Waals surface area contributed by atoms with E-state index in [9.17, 15) is 4.79 Å². The summed E-state index contributed by atoms with van der Waals surface area (Å²) in [7, 11) is 0. The molecule has 1 aromatic carbocycles. The number of ether oxygens (including phenoxy) is 1. The normalized spacial score (nSPS) is 10.7. The molecule has 0 fully saturated rings. The first-order chi connectivity index (χ1) is 14.2. The number of carbonyl (C=O) groups excluding carboxylic acids is 1. The zero-order valence-electron chi connectivity index (χ0n) is 15.7. The molecule has 146 valence electrons. The van der Waals surface area contributed by atoms with Crippen molar-refractivity contribution in [2.24, 2.45) is 0 Å². The van der Waals surface area contributed by atoms with Crippen molar-refractivity contribution in [2.75, 3.05) is 11.9 Å². The minimum absolute atomic E-state index is 0.151. The number of aromatic nitrogens is 3. The fourth-order valence-electron chi connectivity index (χ4n) is 2.73. The molecule has 3 heterocycles. The molecule has 0 bridgehead atoms. The van der Waals surface area contributed by atoms with Gasteiger partial charge >= 0.3 is 0 Å². The second-order valence-electron chi connectivity index (χ2n) is 6.05. The highest BCUT2D eigenvalue weighted by atomic mass is 32.1. The molecule has 0 radical (unpaired) electrons. The zero-order chi connectivity index (χ0) is 20.1. The number of rotatable bonds is 7. The fourth-order valence-corrected chi connectivity index (χ4v) is 4.30. The summed E-state index contributed by atoms with van der Waals surface area (Å²) in [5.74, 6) is 0.645. The van der Waals surface area contributed by atoms with Crippen LogP contribution in [0.2, 0.25) is 0 Å². The number of hydrogen-bond acceptors (Lipinski definition) is 7. The highest BCUT2D eigenvalue weighted by Crippen LogP contribution is 2.32. The molecule has 0 atom stereocenters. The number of hydrogen-bond donors (Lipinski definition) is 1. The SMILES string of the molecule is CCOc1ccccc1-c1nc(CC(=O)Nc2nc(-c3ccccn3)cs2)cs1. The van der Waals surface area contributed by atoms with Gasteiger partial charge in [0.1, 0.15) is 16.5 Å². The first kappa shape index (κ1) is 19.2. The summed E-state index contributed by atoms with van der Waals surface area (Å²) in [6.07, 6.45) is 1.91. The van der Waals surface area contributed by atoms with Gasteiger partial charge in [-0.1, -0.05) is 18.2 Å². The van der Waals surface area contributed by atoms with Crippen LogP contribution in [0.5, 0.6) is 5.75 Å². The summed E-state index contributed by atoms with van der Waals surface area (Å²) in [6.45, 7) is 2.54. The molecule has 29 heavy (non-hydrogen) atoms. The van der Waals surface area contributed by atoms with Gasteiger partial charge in [0.15, 0.2) is 5.13 Å². The standard InChI is InChI=1S/C21H18N4O2S2/c1-2-27-18-9-4-3-7-15(18)20-23-14(12-28-20)11-19(26)25-21-24-17(13-29-21)16-8-5-6-10-22-16/h3-10,12-13H,2,11H2,1H3,(H,24,25,26). The smallest absolute Gasteiger partial charge is 0.232 e. The topological polar surface area (TPSA) is 77.0 Å². The summed E-state index contributed by atoms with van der Waals surface area (Å²) in [5, 5.41) is 8.01. The summed E-state index contributed by atoms with van der Waals surface area (Å²) in [5.41, 5.74) is 3.18. The molecule has 0 aliphatic rings. The van der Waals surface area contributed by atoms with Crippen LogP contribution >= 0.6 is 22.7 Å². The van der Waals surface area contributed by atoms with Crippen LogP contribution in [0, 0.1) is 0 Å². The van der Waals surface area contributed by atoms with E-state index < -0.39 is 0 Å². The molecule has 0 saturated heterocycles. The Morgan fingerprint density at radius 3 is 2.72 bits per heavy atom. The lowest BCUT2D eigenvalue weighted by Gasteiger charge is -2.07. The third kappa shape index (κ3) is 4.67. The van der Waals surface area contributed by atoms with Crippen LogP contribution in [0.1, 0.15) is 12.6 Å². The number of anilines is 1. The Balaban J connectivity index is 1.42. The molecule has 0 aliphatic carbocycles. The van der Waals surface area contributed by atoms with Crippen molar-refractivity contribution in [3.63, 3.8) is 0 Å². The molecule has 0 unspecified atom stereocenters. The molecule has 4 aromatic rings. The van der Waals surface area contributed by atoms with Gasteiger partial charge in [-0.25, -0.2) is 9.97 Å². The minimum atomic E-state index is -0.151. The average molecular weight is 423 g/mol. The van der Waals surface area contributed by atoms with Crippen LogP contribution in [0.25, 0.3) is 22.0 Å². The lowest BCUT2D eigenvalue weighted by atomic mass is 10.2. The predicted molar refractivity (Wildman–Crippen MR) is 116 cm³/mol. The van der Waals surface area contributed by atoms with E-state index >= 15 is 0 Å². The lowest BCUT2D eigenvalue weighted by molar-refractivity contribution is -0.115. The van der Waals surface area contributed by atoms with Gasteiger partial charge in [-0.05, 0) is 31.2 Å². The number of carbonyl (C=O) groups is 1. The van der Waals surface area contributed by atoms with Crippen molar-refractivity contribution in [2.45, 2.75) is 13.3 Å². The Kier molecular flexibility index (Phi) is 5.92. The maximum absolute atomic E-state index is 12.4. The van der Waals surface area contributed by atoms with Gasteiger partial charge in [0, 0.05) is 17.0 Å². The molecule has 0 aliphatic heterocycles. The molecule has 3 aromatic heterocycles. The van der Waals surface area contributed by atoms with Crippen molar-refractivity contribution >= 4 is 33.7 Å². The Labute approximate surface area is 176 Å². The van der Waals surface area contributed by atoms with E-state index in [0.717, 1.165) is 33.4 Å². The monoisotopic (exact) mass is 422 g/mol. The Bertz CT molecular complexity index is 1110. The largest absolute Gasteiger partial charge is 0.493 e. The number of para-hydroxylation sites is 1. The van der Waals surface area contributed by atoms with Crippen molar-refractivity contribution in [3.05, 3.63) is 65.1 Å². The summed E-state index contributed by atoms with van der Waals surface area (Å²) in [6, 6.07) is 13.4. The van der Waals surface area contributed by atoms with Gasteiger partial charge in [0.05, 0.1) is 30.0 Å². The number of benzene rings is 1. The van der Waals surface area contributed by atoms with Crippen molar-refractivity contribution < 1.29 is 9.53 Å². The van der Waals surface area contributed by atoms with Gasteiger partial charge in [0.2, 0.25) is 5.91 Å². The maximum Gasteiger partial charge on any atom is 0.232 e. The van der Waals surface area contributed by atoms with E-state index in [1.165, 1.54) is 22.7 Å². The van der Waals surface area contributed by atoms with Crippen LogP contribution in [-0.2, 0) is 11.2 Å². The Morgan fingerprint density at radius 1 is 1.03 bits per heavy atom. The quantitative estimate of drug-likeness (QED) is 0.458. The predicted octanol–water partition coefficient (Wildman–Crippen LogP) is 4.91. The van der Waals surface area contributed by atoms with Gasteiger partial charge in [-0.3, -0.25) is 9.78 Å². The third-order valence-corrected chi connectivity index (χ3v) is 5.67. The van der Waals surface area contributed by atoms with Crippen LogP contribution in [0.15, 0.2) is 59.4 Å². The van der Waals surface area contributed by atoms with Gasteiger partial charge in [-0.15, -0.1) is 22.7 Å². The number of amides is 1. The van der Waals surface area contributed by atoms with E-state index in [1.54, 1.807) is 6.20 Å². The van der Waals surface area contributed by atoms with Crippen LogP contribution in [-0.4, -0.2) is 27.5 Å². The maximum atomic E-state index is 12.4. The van der Waals surface area contributed by atoms with Crippen molar-refractivity contribution in [1.29, 1.82) is 0 Å². The van der Waals surface area contributed by atoms with Crippen molar-refractivity contribution in [1.82, 2.24) is 15.0 Å². The van der Waals surface area contributed by atoms with E-state index in [1.807, 2.05) is 60.1 Å². The van der Waals surface area contributed by atoms with Gasteiger partial charge in [0.25, 0.3) is 0 Å². The second kappa shape index (κ2) is 8.93. The number of nitrogens with one attached hydrogen (secondary N) is 1. The first-order valence-corrected chi connectivity index (χ1v) is 10.8. The van der Waals surface area contributed by atoms with Crippen LogP contribution in [0.3, 0.4) is 0 Å².